The van der Waals surface area contributed by atoms with Crippen molar-refractivity contribution in [2.45, 2.75) is 31.7 Å². The van der Waals surface area contributed by atoms with Crippen LogP contribution in [0.15, 0.2) is 29.6 Å². The zero-order valence-electron chi connectivity index (χ0n) is 14.7. The van der Waals surface area contributed by atoms with Crippen molar-refractivity contribution < 1.29 is 14.4 Å². The zero-order chi connectivity index (χ0) is 19.2. The lowest BCUT2D eigenvalue weighted by atomic mass is 9.80. The Morgan fingerprint density at radius 3 is 3.00 bits per heavy atom. The van der Waals surface area contributed by atoms with E-state index in [1.165, 1.54) is 0 Å². The molecule has 140 valence electrons. The largest absolute Gasteiger partial charge is 0.325 e. The van der Waals surface area contributed by atoms with Gasteiger partial charge in [0.1, 0.15) is 12.1 Å². The van der Waals surface area contributed by atoms with Crippen LogP contribution in [0.25, 0.3) is 0 Å². The fourth-order valence-electron chi connectivity index (χ4n) is 3.75. The quantitative estimate of drug-likeness (QED) is 0.770. The van der Waals surface area contributed by atoms with Gasteiger partial charge in [0.2, 0.25) is 5.91 Å². The Bertz CT molecular complexity index is 957. The average Bonchev–Trinajstić information content (AvgIpc) is 3.19. The highest BCUT2D eigenvalue weighted by molar-refractivity contribution is 7.10. The molecule has 2 aliphatic rings. The SMILES string of the molecule is Cc1ccc(Cl)cc1NC(=O)CN1C(=O)N[C@]2(CCCc3sccc32)C1=O. The van der Waals surface area contributed by atoms with Crippen LogP contribution in [0.4, 0.5) is 10.5 Å². The van der Waals surface area contributed by atoms with Gasteiger partial charge in [-0.2, -0.15) is 0 Å². The van der Waals surface area contributed by atoms with Gasteiger partial charge in [-0.25, -0.2) is 4.79 Å². The minimum absolute atomic E-state index is 0.335. The van der Waals surface area contributed by atoms with Gasteiger partial charge in [-0.05, 0) is 55.3 Å². The number of urea groups is 1. The van der Waals surface area contributed by atoms with Gasteiger partial charge in [-0.1, -0.05) is 17.7 Å². The third kappa shape index (κ3) is 3.00. The highest BCUT2D eigenvalue weighted by Gasteiger charge is 2.54. The van der Waals surface area contributed by atoms with E-state index in [0.717, 1.165) is 33.7 Å². The number of thiophene rings is 1. The topological polar surface area (TPSA) is 78.5 Å². The number of aryl methyl sites for hydroxylation is 2. The number of imide groups is 1. The number of benzene rings is 1. The van der Waals surface area contributed by atoms with Crippen molar-refractivity contribution in [1.82, 2.24) is 10.2 Å². The van der Waals surface area contributed by atoms with Gasteiger partial charge in [0, 0.05) is 21.2 Å². The monoisotopic (exact) mass is 403 g/mol. The second-order valence-corrected chi connectivity index (χ2v) is 8.28. The summed E-state index contributed by atoms with van der Waals surface area (Å²) < 4.78 is 0. The van der Waals surface area contributed by atoms with E-state index in [4.69, 9.17) is 11.6 Å². The number of hydrogen-bond donors (Lipinski definition) is 2. The Hall–Kier alpha value is -2.38. The number of amides is 4. The number of nitrogens with one attached hydrogen (secondary N) is 2. The van der Waals surface area contributed by atoms with Crippen molar-refractivity contribution in [3.63, 3.8) is 0 Å². The van der Waals surface area contributed by atoms with E-state index in [1.807, 2.05) is 18.4 Å². The summed E-state index contributed by atoms with van der Waals surface area (Å²) in [5.41, 5.74) is 1.24. The molecule has 0 radical (unpaired) electrons. The number of anilines is 1. The van der Waals surface area contributed by atoms with Crippen LogP contribution in [0, 0.1) is 6.92 Å². The molecule has 0 saturated carbocycles. The van der Waals surface area contributed by atoms with Crippen LogP contribution in [0.2, 0.25) is 5.02 Å². The van der Waals surface area contributed by atoms with Gasteiger partial charge >= 0.3 is 6.03 Å². The van der Waals surface area contributed by atoms with Crippen molar-refractivity contribution in [2.24, 2.45) is 0 Å². The van der Waals surface area contributed by atoms with Crippen molar-refractivity contribution in [3.05, 3.63) is 50.7 Å². The smallest absolute Gasteiger partial charge is 0.324 e. The second-order valence-electron chi connectivity index (χ2n) is 6.85. The summed E-state index contributed by atoms with van der Waals surface area (Å²) in [6, 6.07) is 6.53. The average molecular weight is 404 g/mol. The predicted molar refractivity (Wildman–Crippen MR) is 104 cm³/mol. The molecule has 0 unspecified atom stereocenters. The van der Waals surface area contributed by atoms with Crippen LogP contribution in [0.5, 0.6) is 0 Å². The second kappa shape index (κ2) is 6.65. The minimum Gasteiger partial charge on any atom is -0.324 e. The summed E-state index contributed by atoms with van der Waals surface area (Å²) in [6.07, 6.45) is 2.28. The number of nitrogens with zero attached hydrogens (tertiary/aromatic N) is 1. The Morgan fingerprint density at radius 2 is 2.19 bits per heavy atom. The molecule has 1 aromatic carbocycles. The molecule has 2 aromatic rings. The highest BCUT2D eigenvalue weighted by Crippen LogP contribution is 2.42. The molecule has 6 nitrogen and oxygen atoms in total. The molecule has 27 heavy (non-hydrogen) atoms. The zero-order valence-corrected chi connectivity index (χ0v) is 16.2. The van der Waals surface area contributed by atoms with Crippen LogP contribution in [0.3, 0.4) is 0 Å². The van der Waals surface area contributed by atoms with Gasteiger partial charge in [0.05, 0.1) is 0 Å². The van der Waals surface area contributed by atoms with Gasteiger partial charge in [0.25, 0.3) is 5.91 Å². The standard InChI is InChI=1S/C19H18ClN3O3S/c1-11-4-5-12(20)9-14(11)21-16(24)10-23-17(25)19(22-18(23)26)7-2-3-15-13(19)6-8-27-15/h4-6,8-9H,2-3,7,10H2,1H3,(H,21,24)(H,22,26)/t19-/m0/s1. The van der Waals surface area contributed by atoms with Crippen LogP contribution < -0.4 is 10.6 Å². The maximum absolute atomic E-state index is 13.1. The number of hydrogen-bond acceptors (Lipinski definition) is 4. The summed E-state index contributed by atoms with van der Waals surface area (Å²) in [6.45, 7) is 1.51. The molecule has 8 heteroatoms. The molecule has 1 saturated heterocycles. The van der Waals surface area contributed by atoms with Gasteiger partial charge < -0.3 is 10.6 Å². The molecule has 1 atom stereocenters. The molecule has 2 N–H and O–H groups in total. The predicted octanol–water partition coefficient (Wildman–Crippen LogP) is 3.43. The molecule has 1 aliphatic carbocycles. The summed E-state index contributed by atoms with van der Waals surface area (Å²) in [5, 5.41) is 8.01. The maximum Gasteiger partial charge on any atom is 0.325 e. The molecule has 4 amide bonds. The molecule has 1 aromatic heterocycles. The third-order valence-electron chi connectivity index (χ3n) is 5.11. The van der Waals surface area contributed by atoms with E-state index in [9.17, 15) is 14.4 Å². The van der Waals surface area contributed by atoms with Crippen LogP contribution in [-0.4, -0.2) is 29.3 Å². The molecule has 2 heterocycles. The lowest BCUT2D eigenvalue weighted by Gasteiger charge is -2.31. The van der Waals surface area contributed by atoms with E-state index in [1.54, 1.807) is 29.5 Å². The highest BCUT2D eigenvalue weighted by atomic mass is 35.5. The molecule has 1 aliphatic heterocycles. The Kier molecular flexibility index (Phi) is 4.44. The van der Waals surface area contributed by atoms with E-state index < -0.39 is 17.5 Å². The van der Waals surface area contributed by atoms with Crippen LogP contribution in [-0.2, 0) is 21.5 Å². The van der Waals surface area contributed by atoms with E-state index in [0.29, 0.717) is 17.1 Å². The number of carbonyl (C=O) groups excluding carboxylic acids is 3. The summed E-state index contributed by atoms with van der Waals surface area (Å²) in [5.74, 6) is -0.799. The van der Waals surface area contributed by atoms with Crippen LogP contribution >= 0.6 is 22.9 Å². The lowest BCUT2D eigenvalue weighted by Crippen LogP contribution is -2.46. The molecular formula is C19H18ClN3O3S. The van der Waals surface area contributed by atoms with Gasteiger partial charge in [-0.3, -0.25) is 14.5 Å². The third-order valence-corrected chi connectivity index (χ3v) is 6.33. The summed E-state index contributed by atoms with van der Waals surface area (Å²) in [7, 11) is 0. The van der Waals surface area contributed by atoms with Crippen LogP contribution in [0.1, 0.15) is 28.8 Å². The van der Waals surface area contributed by atoms with E-state index >= 15 is 0 Å². The van der Waals surface area contributed by atoms with Crippen molar-refractivity contribution in [2.75, 3.05) is 11.9 Å². The fourth-order valence-corrected chi connectivity index (χ4v) is 4.92. The Morgan fingerprint density at radius 1 is 1.37 bits per heavy atom. The van der Waals surface area contributed by atoms with E-state index in [-0.39, 0.29) is 12.5 Å². The summed E-state index contributed by atoms with van der Waals surface area (Å²) >= 11 is 7.57. The van der Waals surface area contributed by atoms with E-state index in [2.05, 4.69) is 10.6 Å². The molecule has 1 spiro atoms. The lowest BCUT2D eigenvalue weighted by molar-refractivity contribution is -0.134. The number of fused-ring (bicyclic) bond motifs is 2. The van der Waals surface area contributed by atoms with Crippen molar-refractivity contribution in [1.29, 1.82) is 0 Å². The first kappa shape index (κ1) is 18.0. The Balaban J connectivity index is 1.54. The van der Waals surface area contributed by atoms with Crippen molar-refractivity contribution in [3.8, 4) is 0 Å². The summed E-state index contributed by atoms with van der Waals surface area (Å²) in [4.78, 5) is 40.2. The maximum atomic E-state index is 13.1. The van der Waals surface area contributed by atoms with Crippen molar-refractivity contribution >= 4 is 46.5 Å². The van der Waals surface area contributed by atoms with Gasteiger partial charge in [-0.15, -0.1) is 11.3 Å². The first-order valence-electron chi connectivity index (χ1n) is 8.68. The fraction of sp³-hybridized carbons (Fsp3) is 0.316. The Labute approximate surface area is 165 Å². The normalized spacial score (nSPS) is 21.3. The number of rotatable bonds is 3. The number of carbonyl (C=O) groups is 3. The molecular weight excluding hydrogens is 386 g/mol. The molecule has 1 fully saturated rings. The molecule has 4 rings (SSSR count). The molecule has 0 bridgehead atoms. The minimum atomic E-state index is -1.03. The first-order chi connectivity index (χ1) is 12.9. The number of halogens is 1. The van der Waals surface area contributed by atoms with Gasteiger partial charge in [0.15, 0.2) is 0 Å². The first-order valence-corrected chi connectivity index (χ1v) is 9.93.